The first-order valence-electron chi connectivity index (χ1n) is 8.55. The summed E-state index contributed by atoms with van der Waals surface area (Å²) in [6.07, 6.45) is -0.0751. The predicted octanol–water partition coefficient (Wildman–Crippen LogP) is 4.68. The van der Waals surface area contributed by atoms with Gasteiger partial charge in [0.2, 0.25) is 0 Å². The zero-order chi connectivity index (χ0) is 19.8. The Hall–Kier alpha value is -3.78. The molecule has 0 saturated heterocycles. The van der Waals surface area contributed by atoms with E-state index in [0.29, 0.717) is 28.4 Å². The zero-order valence-corrected chi connectivity index (χ0v) is 14.9. The molecular formula is C23H17FO4. The van der Waals surface area contributed by atoms with Gasteiger partial charge in [-0.2, -0.15) is 0 Å². The quantitative estimate of drug-likeness (QED) is 0.635. The van der Waals surface area contributed by atoms with Crippen molar-refractivity contribution in [2.45, 2.75) is 6.42 Å². The van der Waals surface area contributed by atoms with Gasteiger partial charge in [0.1, 0.15) is 18.2 Å². The molecule has 0 spiro atoms. The van der Waals surface area contributed by atoms with E-state index in [0.717, 1.165) is 0 Å². The maximum atomic E-state index is 12.9. The monoisotopic (exact) mass is 376 g/mol. The topological polar surface area (TPSA) is 55.8 Å². The fraction of sp³-hybridized carbons (Fsp3) is 0.0870. The number of ether oxygens (including phenoxy) is 2. The van der Waals surface area contributed by atoms with Crippen LogP contribution in [-0.4, -0.2) is 17.7 Å². The Morgan fingerprint density at radius 2 is 1.71 bits per heavy atom. The molecule has 0 aliphatic carbocycles. The van der Waals surface area contributed by atoms with Gasteiger partial charge in [-0.25, -0.2) is 4.39 Å². The Kier molecular flexibility index (Phi) is 6.27. The molecule has 5 heteroatoms. The molecule has 0 aromatic heterocycles. The highest BCUT2D eigenvalue weighted by atomic mass is 19.1. The van der Waals surface area contributed by atoms with Crippen molar-refractivity contribution in [2.75, 3.05) is 6.61 Å². The van der Waals surface area contributed by atoms with Gasteiger partial charge < -0.3 is 14.6 Å². The number of carboxylic acid groups (broad SMARTS) is 1. The van der Waals surface area contributed by atoms with Gasteiger partial charge >= 0.3 is 5.97 Å². The molecule has 0 aliphatic rings. The minimum Gasteiger partial charge on any atom is -0.481 e. The van der Waals surface area contributed by atoms with Crippen molar-refractivity contribution < 1.29 is 23.8 Å². The Morgan fingerprint density at radius 3 is 2.46 bits per heavy atom. The van der Waals surface area contributed by atoms with Crippen molar-refractivity contribution in [1.29, 1.82) is 0 Å². The van der Waals surface area contributed by atoms with Crippen LogP contribution in [0.2, 0.25) is 0 Å². The summed E-state index contributed by atoms with van der Waals surface area (Å²) in [6, 6.07) is 20.0. The van der Waals surface area contributed by atoms with Crippen LogP contribution in [0.1, 0.15) is 11.1 Å². The van der Waals surface area contributed by atoms with Crippen molar-refractivity contribution in [1.82, 2.24) is 0 Å². The number of carbonyl (C=O) groups is 1. The summed E-state index contributed by atoms with van der Waals surface area (Å²) in [5.74, 6) is 6.10. The Morgan fingerprint density at radius 1 is 0.964 bits per heavy atom. The van der Waals surface area contributed by atoms with E-state index in [1.165, 1.54) is 12.1 Å². The van der Waals surface area contributed by atoms with Crippen LogP contribution in [0.4, 0.5) is 4.39 Å². The van der Waals surface area contributed by atoms with Crippen molar-refractivity contribution in [3.05, 3.63) is 89.7 Å². The van der Waals surface area contributed by atoms with Gasteiger partial charge in [0, 0.05) is 5.56 Å². The first-order chi connectivity index (χ1) is 13.6. The highest BCUT2D eigenvalue weighted by molar-refractivity contribution is 5.70. The number of rotatable bonds is 6. The summed E-state index contributed by atoms with van der Waals surface area (Å²) in [4.78, 5) is 10.9. The average Bonchev–Trinajstić information content (AvgIpc) is 2.67. The molecular weight excluding hydrogens is 359 g/mol. The summed E-state index contributed by atoms with van der Waals surface area (Å²) in [5.41, 5.74) is 1.35. The first-order valence-corrected chi connectivity index (χ1v) is 8.55. The molecule has 0 unspecified atom stereocenters. The minimum atomic E-state index is -0.902. The minimum absolute atomic E-state index is 0.0751. The molecule has 140 valence electrons. The molecule has 0 saturated carbocycles. The number of carboxylic acids is 1. The van der Waals surface area contributed by atoms with Gasteiger partial charge in [0.05, 0.1) is 6.42 Å². The molecule has 28 heavy (non-hydrogen) atoms. The Labute approximate surface area is 162 Å². The van der Waals surface area contributed by atoms with Crippen LogP contribution in [0.3, 0.4) is 0 Å². The molecule has 0 radical (unpaired) electrons. The molecule has 0 heterocycles. The molecule has 3 aromatic carbocycles. The van der Waals surface area contributed by atoms with E-state index in [4.69, 9.17) is 14.6 Å². The summed E-state index contributed by atoms with van der Waals surface area (Å²) in [6.45, 7) is 0.136. The molecule has 1 N–H and O–H groups in total. The van der Waals surface area contributed by atoms with E-state index in [1.54, 1.807) is 48.5 Å². The summed E-state index contributed by atoms with van der Waals surface area (Å²) in [5, 5.41) is 8.92. The lowest BCUT2D eigenvalue weighted by Gasteiger charge is -2.11. The average molecular weight is 376 g/mol. The molecule has 0 bridgehead atoms. The van der Waals surface area contributed by atoms with Crippen LogP contribution < -0.4 is 9.47 Å². The zero-order valence-electron chi connectivity index (χ0n) is 14.9. The van der Waals surface area contributed by atoms with E-state index in [2.05, 4.69) is 11.8 Å². The fourth-order valence-corrected chi connectivity index (χ4v) is 2.46. The number of benzene rings is 3. The smallest absolute Gasteiger partial charge is 0.307 e. The lowest BCUT2D eigenvalue weighted by Crippen LogP contribution is -2.00. The van der Waals surface area contributed by atoms with Crippen LogP contribution in [0.5, 0.6) is 17.2 Å². The van der Waals surface area contributed by atoms with Crippen molar-refractivity contribution in [3.8, 4) is 29.1 Å². The second kappa shape index (κ2) is 9.24. The lowest BCUT2D eigenvalue weighted by atomic mass is 10.1. The van der Waals surface area contributed by atoms with Crippen molar-refractivity contribution in [3.63, 3.8) is 0 Å². The number of halogens is 1. The van der Waals surface area contributed by atoms with E-state index >= 15 is 0 Å². The van der Waals surface area contributed by atoms with Crippen LogP contribution in [0.15, 0.2) is 72.8 Å². The van der Waals surface area contributed by atoms with Crippen LogP contribution in [0.25, 0.3) is 0 Å². The fourth-order valence-electron chi connectivity index (χ4n) is 2.46. The van der Waals surface area contributed by atoms with Gasteiger partial charge in [-0.3, -0.25) is 4.79 Å². The largest absolute Gasteiger partial charge is 0.481 e. The highest BCUT2D eigenvalue weighted by Gasteiger charge is 2.07. The maximum absolute atomic E-state index is 12.9. The molecule has 0 aliphatic heterocycles. The normalized spacial score (nSPS) is 9.89. The first kappa shape index (κ1) is 19.0. The Balaban J connectivity index is 1.66. The van der Waals surface area contributed by atoms with Gasteiger partial charge in [-0.15, -0.1) is 0 Å². The summed E-state index contributed by atoms with van der Waals surface area (Å²) in [7, 11) is 0. The molecule has 4 nitrogen and oxygen atoms in total. The van der Waals surface area contributed by atoms with Gasteiger partial charge in [0.15, 0.2) is 11.5 Å². The maximum Gasteiger partial charge on any atom is 0.307 e. The lowest BCUT2D eigenvalue weighted by molar-refractivity contribution is -0.136. The summed E-state index contributed by atoms with van der Waals surface area (Å²) >= 11 is 0. The van der Waals surface area contributed by atoms with E-state index in [1.807, 2.05) is 12.1 Å². The van der Waals surface area contributed by atoms with E-state index in [-0.39, 0.29) is 18.8 Å². The predicted molar refractivity (Wildman–Crippen MR) is 103 cm³/mol. The molecule has 3 rings (SSSR count). The number of hydrogen-bond donors (Lipinski definition) is 1. The van der Waals surface area contributed by atoms with Crippen LogP contribution in [-0.2, 0) is 11.2 Å². The van der Waals surface area contributed by atoms with Crippen molar-refractivity contribution in [2.24, 2.45) is 0 Å². The summed E-state index contributed by atoms with van der Waals surface area (Å²) < 4.78 is 24.4. The third-order valence-corrected chi connectivity index (χ3v) is 3.71. The van der Waals surface area contributed by atoms with Gasteiger partial charge in [-0.1, -0.05) is 36.1 Å². The molecule has 3 aromatic rings. The molecule has 0 atom stereocenters. The van der Waals surface area contributed by atoms with E-state index < -0.39 is 5.97 Å². The second-order valence-corrected chi connectivity index (χ2v) is 5.86. The van der Waals surface area contributed by atoms with E-state index in [9.17, 15) is 9.18 Å². The molecule has 0 fully saturated rings. The van der Waals surface area contributed by atoms with Gasteiger partial charge in [-0.05, 0) is 54.1 Å². The highest BCUT2D eigenvalue weighted by Crippen LogP contribution is 2.31. The second-order valence-electron chi connectivity index (χ2n) is 5.86. The third kappa shape index (κ3) is 5.61. The Bertz CT molecular complexity index is 1020. The third-order valence-electron chi connectivity index (χ3n) is 3.71. The number of aliphatic carboxylic acids is 1. The van der Waals surface area contributed by atoms with Crippen LogP contribution in [0, 0.1) is 17.7 Å². The van der Waals surface area contributed by atoms with Crippen molar-refractivity contribution >= 4 is 5.97 Å². The van der Waals surface area contributed by atoms with Gasteiger partial charge in [0.25, 0.3) is 0 Å². The number of para-hydroxylation sites is 2. The molecule has 0 amide bonds. The van der Waals surface area contributed by atoms with Crippen LogP contribution >= 0.6 is 0 Å². The standard InChI is InChI=1S/C23H17FO4/c24-19-12-10-17(11-13-19)6-4-14-27-21-8-1-2-9-22(21)28-20-7-3-5-18(15-20)16-23(25)26/h1-3,5,7-13,15H,14,16H2,(H,25,26). The SMILES string of the molecule is O=C(O)Cc1cccc(Oc2ccccc2OCC#Cc2ccc(F)cc2)c1. The number of hydrogen-bond acceptors (Lipinski definition) is 3.